The lowest BCUT2D eigenvalue weighted by Crippen LogP contribution is -2.20. The Morgan fingerprint density at radius 1 is 1.04 bits per heavy atom. The summed E-state index contributed by atoms with van der Waals surface area (Å²) in [5.74, 6) is -1.05. The number of hydrogen-bond donors (Lipinski definition) is 1. The summed E-state index contributed by atoms with van der Waals surface area (Å²) in [6.45, 7) is 0. The van der Waals surface area contributed by atoms with Crippen LogP contribution < -0.4 is 10.9 Å². The second-order valence-corrected chi connectivity index (χ2v) is 5.01. The highest BCUT2D eigenvalue weighted by Crippen LogP contribution is 2.15. The van der Waals surface area contributed by atoms with Gasteiger partial charge in [-0.1, -0.05) is 18.2 Å². The van der Waals surface area contributed by atoms with Crippen LogP contribution >= 0.6 is 0 Å². The number of amides is 1. The van der Waals surface area contributed by atoms with Gasteiger partial charge in [-0.3, -0.25) is 4.79 Å². The smallest absolute Gasteiger partial charge is 0.349 e. The van der Waals surface area contributed by atoms with Gasteiger partial charge in [-0.25, -0.2) is 9.59 Å². The van der Waals surface area contributed by atoms with Crippen LogP contribution in [0.5, 0.6) is 0 Å². The van der Waals surface area contributed by atoms with Gasteiger partial charge in [0.2, 0.25) is 0 Å². The molecule has 6 heteroatoms. The lowest BCUT2D eigenvalue weighted by atomic mass is 10.1. The van der Waals surface area contributed by atoms with Gasteiger partial charge >= 0.3 is 11.6 Å². The first-order valence-corrected chi connectivity index (χ1v) is 7.11. The van der Waals surface area contributed by atoms with Crippen molar-refractivity contribution in [2.45, 2.75) is 0 Å². The maximum Gasteiger partial charge on any atom is 0.349 e. The highest BCUT2D eigenvalue weighted by Gasteiger charge is 2.14. The number of methoxy groups -OCH3 is 1. The zero-order valence-corrected chi connectivity index (χ0v) is 12.7. The topological polar surface area (TPSA) is 85.6 Å². The van der Waals surface area contributed by atoms with Crippen molar-refractivity contribution >= 4 is 28.5 Å². The van der Waals surface area contributed by atoms with E-state index in [0.717, 1.165) is 0 Å². The molecular weight excluding hydrogens is 310 g/mol. The summed E-state index contributed by atoms with van der Waals surface area (Å²) in [7, 11) is 1.29. The molecule has 0 fully saturated rings. The van der Waals surface area contributed by atoms with Crippen molar-refractivity contribution in [2.75, 3.05) is 12.4 Å². The molecule has 1 aromatic heterocycles. The minimum Gasteiger partial charge on any atom is -0.465 e. The quantitative estimate of drug-likeness (QED) is 0.592. The van der Waals surface area contributed by atoms with Crippen LogP contribution in [0, 0.1) is 0 Å². The number of anilines is 1. The number of ether oxygens (including phenoxy) is 1. The Labute approximate surface area is 136 Å². The minimum absolute atomic E-state index is 0.0919. The fourth-order valence-corrected chi connectivity index (χ4v) is 2.23. The summed E-state index contributed by atoms with van der Waals surface area (Å²) in [6, 6.07) is 14.6. The number of carbonyl (C=O) groups is 2. The second kappa shape index (κ2) is 6.37. The van der Waals surface area contributed by atoms with Crippen molar-refractivity contribution in [3.8, 4) is 0 Å². The molecule has 1 heterocycles. The first-order chi connectivity index (χ1) is 11.6. The predicted octanol–water partition coefficient (Wildman–Crippen LogP) is 2.83. The van der Waals surface area contributed by atoms with E-state index in [0.29, 0.717) is 22.2 Å². The lowest BCUT2D eigenvalue weighted by Gasteiger charge is -2.06. The van der Waals surface area contributed by atoms with Gasteiger partial charge in [0.15, 0.2) is 0 Å². The van der Waals surface area contributed by atoms with Crippen molar-refractivity contribution < 1.29 is 18.7 Å². The SMILES string of the molecule is COC(=O)c1ccc(NC(=O)c2cc3ccccc3oc2=O)cc1. The van der Waals surface area contributed by atoms with E-state index in [4.69, 9.17) is 4.42 Å². The molecule has 120 valence electrons. The molecular formula is C18H13NO5. The summed E-state index contributed by atoms with van der Waals surface area (Å²) >= 11 is 0. The van der Waals surface area contributed by atoms with Gasteiger partial charge in [0, 0.05) is 11.1 Å². The van der Waals surface area contributed by atoms with Gasteiger partial charge in [-0.05, 0) is 36.4 Å². The zero-order valence-electron chi connectivity index (χ0n) is 12.7. The Kier molecular flexibility index (Phi) is 4.11. The molecule has 3 rings (SSSR count). The van der Waals surface area contributed by atoms with Crippen LogP contribution in [0.3, 0.4) is 0 Å². The fourth-order valence-electron chi connectivity index (χ4n) is 2.23. The highest BCUT2D eigenvalue weighted by atomic mass is 16.5. The number of nitrogens with one attached hydrogen (secondary N) is 1. The molecule has 3 aromatic rings. The predicted molar refractivity (Wildman–Crippen MR) is 88.2 cm³/mol. The monoisotopic (exact) mass is 323 g/mol. The van der Waals surface area contributed by atoms with Crippen LogP contribution in [0.1, 0.15) is 20.7 Å². The largest absolute Gasteiger partial charge is 0.465 e. The number of carbonyl (C=O) groups excluding carboxylic acids is 2. The van der Waals surface area contributed by atoms with Crippen molar-refractivity contribution in [1.82, 2.24) is 0 Å². The number of fused-ring (bicyclic) bond motifs is 1. The van der Waals surface area contributed by atoms with Gasteiger partial charge in [0.25, 0.3) is 5.91 Å². The van der Waals surface area contributed by atoms with Crippen LogP contribution in [0.2, 0.25) is 0 Å². The van der Waals surface area contributed by atoms with Crippen molar-refractivity contribution in [3.05, 3.63) is 76.1 Å². The number of para-hydroxylation sites is 1. The van der Waals surface area contributed by atoms with E-state index >= 15 is 0 Å². The van der Waals surface area contributed by atoms with Crippen LogP contribution in [0.25, 0.3) is 11.0 Å². The zero-order chi connectivity index (χ0) is 17.1. The van der Waals surface area contributed by atoms with Crippen LogP contribution in [-0.2, 0) is 4.74 Å². The van der Waals surface area contributed by atoms with Gasteiger partial charge < -0.3 is 14.5 Å². The molecule has 0 aliphatic rings. The molecule has 24 heavy (non-hydrogen) atoms. The number of esters is 1. The third kappa shape index (κ3) is 3.03. The second-order valence-electron chi connectivity index (χ2n) is 5.01. The van der Waals surface area contributed by atoms with E-state index < -0.39 is 17.5 Å². The van der Waals surface area contributed by atoms with Gasteiger partial charge in [0.05, 0.1) is 12.7 Å². The molecule has 0 aliphatic heterocycles. The van der Waals surface area contributed by atoms with E-state index in [9.17, 15) is 14.4 Å². The standard InChI is InChI=1S/C18H13NO5/c1-23-17(21)11-6-8-13(9-7-11)19-16(20)14-10-12-4-2-3-5-15(12)24-18(14)22/h2-10H,1H3,(H,19,20). The summed E-state index contributed by atoms with van der Waals surface area (Å²) in [6.07, 6.45) is 0. The average molecular weight is 323 g/mol. The molecule has 0 bridgehead atoms. The van der Waals surface area contributed by atoms with Crippen LogP contribution in [0.4, 0.5) is 5.69 Å². The average Bonchev–Trinajstić information content (AvgIpc) is 2.61. The summed E-state index contributed by atoms with van der Waals surface area (Å²) < 4.78 is 9.74. The first kappa shape index (κ1) is 15.5. The van der Waals surface area contributed by atoms with Gasteiger partial charge in [0.1, 0.15) is 11.1 Å². The Morgan fingerprint density at radius 2 is 1.75 bits per heavy atom. The molecule has 0 atom stereocenters. The fraction of sp³-hybridized carbons (Fsp3) is 0.0556. The molecule has 0 unspecified atom stereocenters. The number of benzene rings is 2. The minimum atomic E-state index is -0.711. The van der Waals surface area contributed by atoms with Crippen molar-refractivity contribution in [2.24, 2.45) is 0 Å². The molecule has 0 spiro atoms. The Bertz CT molecular complexity index is 973. The van der Waals surface area contributed by atoms with Crippen molar-refractivity contribution in [3.63, 3.8) is 0 Å². The van der Waals surface area contributed by atoms with E-state index in [-0.39, 0.29) is 5.56 Å². The Hall–Kier alpha value is -3.41. The Morgan fingerprint density at radius 3 is 2.46 bits per heavy atom. The maximum atomic E-state index is 12.3. The maximum absolute atomic E-state index is 12.3. The van der Waals surface area contributed by atoms with Crippen LogP contribution in [0.15, 0.2) is 63.8 Å². The third-order valence-electron chi connectivity index (χ3n) is 3.45. The molecule has 6 nitrogen and oxygen atoms in total. The molecule has 1 N–H and O–H groups in total. The molecule has 0 radical (unpaired) electrons. The summed E-state index contributed by atoms with van der Waals surface area (Å²) in [5, 5.41) is 3.25. The number of rotatable bonds is 3. The third-order valence-corrected chi connectivity index (χ3v) is 3.45. The van der Waals surface area contributed by atoms with E-state index in [1.165, 1.54) is 25.3 Å². The molecule has 2 aromatic carbocycles. The normalized spacial score (nSPS) is 10.4. The lowest BCUT2D eigenvalue weighted by molar-refractivity contribution is 0.0600. The van der Waals surface area contributed by atoms with E-state index in [1.807, 2.05) is 0 Å². The van der Waals surface area contributed by atoms with Crippen LogP contribution in [-0.4, -0.2) is 19.0 Å². The van der Waals surface area contributed by atoms with Gasteiger partial charge in [-0.15, -0.1) is 0 Å². The van der Waals surface area contributed by atoms with E-state index in [2.05, 4.69) is 10.1 Å². The first-order valence-electron chi connectivity index (χ1n) is 7.11. The Balaban J connectivity index is 1.86. The highest BCUT2D eigenvalue weighted by molar-refractivity contribution is 6.05. The summed E-state index contributed by atoms with van der Waals surface area (Å²) in [4.78, 5) is 35.6. The number of hydrogen-bond acceptors (Lipinski definition) is 5. The van der Waals surface area contributed by atoms with E-state index in [1.54, 1.807) is 36.4 Å². The molecule has 0 saturated heterocycles. The molecule has 1 amide bonds. The van der Waals surface area contributed by atoms with Gasteiger partial charge in [-0.2, -0.15) is 0 Å². The summed E-state index contributed by atoms with van der Waals surface area (Å²) in [5.41, 5.74) is 0.422. The molecule has 0 aliphatic carbocycles. The molecule has 0 saturated carbocycles. The van der Waals surface area contributed by atoms with Crippen molar-refractivity contribution in [1.29, 1.82) is 0 Å².